The van der Waals surface area contributed by atoms with Gasteiger partial charge in [-0.1, -0.05) is 25.5 Å². The normalized spacial score (nSPS) is 11.8. The highest BCUT2D eigenvalue weighted by molar-refractivity contribution is 9.10. The molecule has 0 aliphatic rings. The van der Waals surface area contributed by atoms with E-state index in [0.717, 1.165) is 18.4 Å². The van der Waals surface area contributed by atoms with E-state index in [-0.39, 0.29) is 11.4 Å². The van der Waals surface area contributed by atoms with Crippen LogP contribution in [0.25, 0.3) is 0 Å². The van der Waals surface area contributed by atoms with Crippen LogP contribution in [-0.4, -0.2) is 5.54 Å². The highest BCUT2D eigenvalue weighted by atomic mass is 79.9. The average molecular weight is 288 g/mol. The second-order valence-corrected chi connectivity index (χ2v) is 5.49. The molecule has 1 nitrogen and oxygen atoms in total. The van der Waals surface area contributed by atoms with Gasteiger partial charge >= 0.3 is 0 Å². The predicted octanol–water partition coefficient (Wildman–Crippen LogP) is 4.26. The van der Waals surface area contributed by atoms with Gasteiger partial charge in [-0.3, -0.25) is 0 Å². The van der Waals surface area contributed by atoms with E-state index in [1.54, 1.807) is 6.07 Å². The summed E-state index contributed by atoms with van der Waals surface area (Å²) < 4.78 is 13.8. The molecule has 3 heteroatoms. The van der Waals surface area contributed by atoms with Crippen molar-refractivity contribution < 1.29 is 4.39 Å². The molecular weight excluding hydrogens is 269 g/mol. The summed E-state index contributed by atoms with van der Waals surface area (Å²) in [5.41, 5.74) is 1.06. The zero-order valence-electron chi connectivity index (χ0n) is 10.1. The molecule has 0 bridgehead atoms. The van der Waals surface area contributed by atoms with Crippen molar-refractivity contribution in [2.24, 2.45) is 0 Å². The number of halogens is 2. The molecule has 0 aliphatic carbocycles. The van der Waals surface area contributed by atoms with Crippen LogP contribution in [0.3, 0.4) is 0 Å². The van der Waals surface area contributed by atoms with E-state index in [2.05, 4.69) is 42.0 Å². The van der Waals surface area contributed by atoms with E-state index in [1.165, 1.54) is 6.07 Å². The smallest absolute Gasteiger partial charge is 0.137 e. The molecular formula is C13H19BrFN. The fraction of sp³-hybridized carbons (Fsp3) is 0.538. The number of hydrogen-bond donors (Lipinski definition) is 1. The van der Waals surface area contributed by atoms with Gasteiger partial charge in [0.2, 0.25) is 0 Å². The van der Waals surface area contributed by atoms with Gasteiger partial charge in [-0.05, 0) is 47.8 Å². The van der Waals surface area contributed by atoms with Gasteiger partial charge in [0.05, 0.1) is 4.47 Å². The predicted molar refractivity (Wildman–Crippen MR) is 69.9 cm³/mol. The molecule has 0 saturated carbocycles. The molecule has 0 unspecified atom stereocenters. The van der Waals surface area contributed by atoms with E-state index in [0.29, 0.717) is 11.0 Å². The Bertz CT molecular complexity index is 350. The zero-order valence-corrected chi connectivity index (χ0v) is 11.7. The minimum atomic E-state index is -0.201. The van der Waals surface area contributed by atoms with Crippen LogP contribution in [0.15, 0.2) is 22.7 Å². The molecule has 0 spiro atoms. The summed E-state index contributed by atoms with van der Waals surface area (Å²) in [6, 6.07) is 5.14. The molecule has 0 heterocycles. The number of benzene rings is 1. The first-order chi connectivity index (χ1) is 7.46. The maximum absolute atomic E-state index is 13.3. The van der Waals surface area contributed by atoms with Crippen molar-refractivity contribution in [1.29, 1.82) is 0 Å². The third-order valence-corrected chi connectivity index (χ3v) is 3.55. The number of hydrogen-bond acceptors (Lipinski definition) is 1. The largest absolute Gasteiger partial charge is 0.308 e. The topological polar surface area (TPSA) is 12.0 Å². The monoisotopic (exact) mass is 287 g/mol. The molecule has 1 aromatic carbocycles. The molecule has 16 heavy (non-hydrogen) atoms. The second-order valence-electron chi connectivity index (χ2n) is 4.70. The minimum absolute atomic E-state index is 0.0977. The van der Waals surface area contributed by atoms with Crippen molar-refractivity contribution in [2.45, 2.75) is 45.7 Å². The zero-order chi connectivity index (χ0) is 12.2. The summed E-state index contributed by atoms with van der Waals surface area (Å²) in [6.07, 6.45) is 2.25. The van der Waals surface area contributed by atoms with E-state index >= 15 is 0 Å². The fourth-order valence-electron chi connectivity index (χ4n) is 1.73. The van der Waals surface area contributed by atoms with Crippen molar-refractivity contribution in [2.75, 3.05) is 0 Å². The Morgan fingerprint density at radius 3 is 2.69 bits per heavy atom. The fourth-order valence-corrected chi connectivity index (χ4v) is 2.14. The SMILES string of the molecule is CCCC(C)(C)NCc1cccc(F)c1Br. The van der Waals surface area contributed by atoms with E-state index < -0.39 is 0 Å². The third-order valence-electron chi connectivity index (χ3n) is 2.66. The Morgan fingerprint density at radius 1 is 1.38 bits per heavy atom. The number of rotatable bonds is 5. The van der Waals surface area contributed by atoms with Crippen molar-refractivity contribution >= 4 is 15.9 Å². The molecule has 0 radical (unpaired) electrons. The lowest BCUT2D eigenvalue weighted by Gasteiger charge is -2.26. The van der Waals surface area contributed by atoms with Crippen LogP contribution in [0.2, 0.25) is 0 Å². The molecule has 90 valence electrons. The van der Waals surface area contributed by atoms with Crippen molar-refractivity contribution in [3.63, 3.8) is 0 Å². The van der Waals surface area contributed by atoms with Crippen LogP contribution in [0.5, 0.6) is 0 Å². The Labute approximate surface area is 106 Å². The first-order valence-electron chi connectivity index (χ1n) is 5.64. The molecule has 0 atom stereocenters. The summed E-state index contributed by atoms with van der Waals surface area (Å²) in [5, 5.41) is 3.45. The second kappa shape index (κ2) is 5.78. The van der Waals surface area contributed by atoms with Crippen LogP contribution >= 0.6 is 15.9 Å². The molecule has 0 amide bonds. The van der Waals surface area contributed by atoms with Crippen molar-refractivity contribution in [3.8, 4) is 0 Å². The Kier molecular flexibility index (Phi) is 4.93. The maximum atomic E-state index is 13.3. The summed E-state index contributed by atoms with van der Waals surface area (Å²) in [7, 11) is 0. The van der Waals surface area contributed by atoms with Crippen LogP contribution in [-0.2, 0) is 6.54 Å². The molecule has 0 saturated heterocycles. The van der Waals surface area contributed by atoms with Gasteiger partial charge in [-0.25, -0.2) is 4.39 Å². The van der Waals surface area contributed by atoms with Gasteiger partial charge in [-0.2, -0.15) is 0 Å². The van der Waals surface area contributed by atoms with Crippen LogP contribution < -0.4 is 5.32 Å². The number of nitrogens with one attached hydrogen (secondary N) is 1. The standard InChI is InChI=1S/C13H19BrFN/c1-4-8-13(2,3)16-9-10-6-5-7-11(15)12(10)14/h5-7,16H,4,8-9H2,1-3H3. The van der Waals surface area contributed by atoms with Gasteiger partial charge in [0, 0.05) is 12.1 Å². The summed E-state index contributed by atoms with van der Waals surface area (Å²) in [4.78, 5) is 0. The molecule has 0 aromatic heterocycles. The van der Waals surface area contributed by atoms with Gasteiger partial charge < -0.3 is 5.32 Å². The van der Waals surface area contributed by atoms with Crippen molar-refractivity contribution in [1.82, 2.24) is 5.32 Å². The first kappa shape index (κ1) is 13.7. The van der Waals surface area contributed by atoms with Gasteiger partial charge in [-0.15, -0.1) is 0 Å². The van der Waals surface area contributed by atoms with Gasteiger partial charge in [0.15, 0.2) is 0 Å². The molecule has 0 aliphatic heterocycles. The molecule has 0 fully saturated rings. The van der Waals surface area contributed by atoms with Crippen molar-refractivity contribution in [3.05, 3.63) is 34.1 Å². The summed E-state index contributed by atoms with van der Waals surface area (Å²) in [6.45, 7) is 7.19. The van der Waals surface area contributed by atoms with E-state index in [4.69, 9.17) is 0 Å². The van der Waals surface area contributed by atoms with Crippen LogP contribution in [0.4, 0.5) is 4.39 Å². The van der Waals surface area contributed by atoms with E-state index in [9.17, 15) is 4.39 Å². The van der Waals surface area contributed by atoms with Crippen LogP contribution in [0, 0.1) is 5.82 Å². The van der Waals surface area contributed by atoms with E-state index in [1.807, 2.05) is 6.07 Å². The Balaban J connectivity index is 2.64. The Morgan fingerprint density at radius 2 is 2.06 bits per heavy atom. The lowest BCUT2D eigenvalue weighted by atomic mass is 9.98. The minimum Gasteiger partial charge on any atom is -0.308 e. The van der Waals surface area contributed by atoms with Crippen LogP contribution in [0.1, 0.15) is 39.2 Å². The maximum Gasteiger partial charge on any atom is 0.137 e. The lowest BCUT2D eigenvalue weighted by Crippen LogP contribution is -2.38. The highest BCUT2D eigenvalue weighted by Gasteiger charge is 2.16. The third kappa shape index (κ3) is 3.87. The summed E-state index contributed by atoms with van der Waals surface area (Å²) in [5.74, 6) is -0.201. The molecule has 1 rings (SSSR count). The van der Waals surface area contributed by atoms with Gasteiger partial charge in [0.1, 0.15) is 5.82 Å². The molecule has 1 N–H and O–H groups in total. The first-order valence-corrected chi connectivity index (χ1v) is 6.43. The summed E-state index contributed by atoms with van der Waals surface area (Å²) >= 11 is 3.27. The quantitative estimate of drug-likeness (QED) is 0.853. The lowest BCUT2D eigenvalue weighted by molar-refractivity contribution is 0.356. The highest BCUT2D eigenvalue weighted by Crippen LogP contribution is 2.21. The average Bonchev–Trinajstić information content (AvgIpc) is 2.20. The molecule has 1 aromatic rings. The van der Waals surface area contributed by atoms with Gasteiger partial charge in [0.25, 0.3) is 0 Å². The Hall–Kier alpha value is -0.410.